The van der Waals surface area contributed by atoms with Crippen molar-refractivity contribution in [1.82, 2.24) is 14.9 Å². The summed E-state index contributed by atoms with van der Waals surface area (Å²) in [5.74, 6) is 0.513. The van der Waals surface area contributed by atoms with Crippen LogP contribution in [-0.2, 0) is 4.74 Å². The fourth-order valence-electron chi connectivity index (χ4n) is 1.80. The maximum Gasteiger partial charge on any atom is 0.272 e. The van der Waals surface area contributed by atoms with Crippen molar-refractivity contribution in [2.45, 2.75) is 6.92 Å². The molecule has 0 unspecified atom stereocenters. The molecular formula is C12H18N4O2. The van der Waals surface area contributed by atoms with Crippen molar-refractivity contribution in [2.75, 3.05) is 45.3 Å². The Kier molecular flexibility index (Phi) is 3.76. The van der Waals surface area contributed by atoms with Crippen LogP contribution in [0.3, 0.4) is 0 Å². The van der Waals surface area contributed by atoms with Crippen LogP contribution in [0.25, 0.3) is 0 Å². The number of hydrogen-bond donors (Lipinski definition) is 0. The van der Waals surface area contributed by atoms with E-state index in [1.165, 1.54) is 4.90 Å². The van der Waals surface area contributed by atoms with E-state index >= 15 is 0 Å². The van der Waals surface area contributed by atoms with E-state index < -0.39 is 0 Å². The number of rotatable bonds is 2. The minimum Gasteiger partial charge on any atom is -0.378 e. The highest BCUT2D eigenvalue weighted by molar-refractivity contribution is 5.92. The van der Waals surface area contributed by atoms with Gasteiger partial charge >= 0.3 is 0 Å². The number of nitrogens with zero attached hydrogens (tertiary/aromatic N) is 4. The molecule has 1 aromatic rings. The van der Waals surface area contributed by atoms with E-state index in [0.29, 0.717) is 24.9 Å². The Bertz CT molecular complexity index is 442. The number of anilines is 1. The lowest BCUT2D eigenvalue weighted by Crippen LogP contribution is -2.38. The zero-order valence-electron chi connectivity index (χ0n) is 11.0. The van der Waals surface area contributed by atoms with E-state index in [1.54, 1.807) is 20.2 Å². The minimum atomic E-state index is -0.102. The summed E-state index contributed by atoms with van der Waals surface area (Å²) in [6, 6.07) is 1.71. The Hall–Kier alpha value is -1.69. The topological polar surface area (TPSA) is 58.6 Å². The molecule has 0 aromatic carbocycles. The highest BCUT2D eigenvalue weighted by Gasteiger charge is 2.17. The van der Waals surface area contributed by atoms with Gasteiger partial charge in [0, 0.05) is 32.9 Å². The Morgan fingerprint density at radius 3 is 2.61 bits per heavy atom. The van der Waals surface area contributed by atoms with Crippen molar-refractivity contribution in [2.24, 2.45) is 0 Å². The molecule has 0 saturated carbocycles. The Labute approximate surface area is 107 Å². The summed E-state index contributed by atoms with van der Waals surface area (Å²) in [6.07, 6.45) is 0. The third-order valence-corrected chi connectivity index (χ3v) is 2.76. The van der Waals surface area contributed by atoms with Crippen LogP contribution < -0.4 is 4.90 Å². The molecule has 0 N–H and O–H groups in total. The first-order chi connectivity index (χ1) is 8.58. The highest BCUT2D eigenvalue weighted by atomic mass is 16.5. The smallest absolute Gasteiger partial charge is 0.272 e. The van der Waals surface area contributed by atoms with Crippen LogP contribution in [0.2, 0.25) is 0 Å². The molecule has 98 valence electrons. The van der Waals surface area contributed by atoms with Gasteiger partial charge in [0.25, 0.3) is 5.91 Å². The number of carbonyl (C=O) groups excluding carboxylic acids is 1. The van der Waals surface area contributed by atoms with Crippen LogP contribution in [0.4, 0.5) is 5.95 Å². The number of aryl methyl sites for hydroxylation is 1. The molecule has 2 rings (SSSR count). The van der Waals surface area contributed by atoms with E-state index in [2.05, 4.69) is 9.97 Å². The monoisotopic (exact) mass is 250 g/mol. The van der Waals surface area contributed by atoms with E-state index in [-0.39, 0.29) is 5.91 Å². The van der Waals surface area contributed by atoms with Gasteiger partial charge in [0.05, 0.1) is 13.2 Å². The molecule has 0 aliphatic carbocycles. The molecule has 0 bridgehead atoms. The molecule has 1 aromatic heterocycles. The summed E-state index contributed by atoms with van der Waals surface area (Å²) in [7, 11) is 3.43. The van der Waals surface area contributed by atoms with Gasteiger partial charge in [-0.3, -0.25) is 4.79 Å². The molecule has 2 heterocycles. The summed E-state index contributed by atoms with van der Waals surface area (Å²) in [6.45, 7) is 4.75. The second-order valence-corrected chi connectivity index (χ2v) is 4.49. The number of amides is 1. The summed E-state index contributed by atoms with van der Waals surface area (Å²) < 4.78 is 5.29. The molecule has 1 fully saturated rings. The lowest BCUT2D eigenvalue weighted by Gasteiger charge is -2.27. The van der Waals surface area contributed by atoms with Gasteiger partial charge in [-0.05, 0) is 13.0 Å². The SMILES string of the molecule is Cc1cc(C(=O)N(C)C)nc(N2CCOCC2)n1. The van der Waals surface area contributed by atoms with Crippen LogP contribution in [0.1, 0.15) is 16.2 Å². The molecule has 1 aliphatic heterocycles. The van der Waals surface area contributed by atoms with E-state index in [0.717, 1.165) is 18.8 Å². The molecule has 0 spiro atoms. The van der Waals surface area contributed by atoms with E-state index in [4.69, 9.17) is 4.74 Å². The summed E-state index contributed by atoms with van der Waals surface area (Å²) in [5.41, 5.74) is 1.24. The first-order valence-corrected chi connectivity index (χ1v) is 5.98. The second kappa shape index (κ2) is 5.30. The predicted molar refractivity (Wildman–Crippen MR) is 67.8 cm³/mol. The number of hydrogen-bond acceptors (Lipinski definition) is 5. The van der Waals surface area contributed by atoms with Crippen molar-refractivity contribution in [3.8, 4) is 0 Å². The zero-order chi connectivity index (χ0) is 13.1. The Morgan fingerprint density at radius 1 is 1.33 bits per heavy atom. The van der Waals surface area contributed by atoms with E-state index in [9.17, 15) is 4.79 Å². The molecule has 6 nitrogen and oxygen atoms in total. The van der Waals surface area contributed by atoms with Gasteiger partial charge in [-0.1, -0.05) is 0 Å². The molecule has 6 heteroatoms. The van der Waals surface area contributed by atoms with Gasteiger partial charge in [-0.25, -0.2) is 9.97 Å². The maximum absolute atomic E-state index is 11.9. The Balaban J connectivity index is 2.28. The average molecular weight is 250 g/mol. The van der Waals surface area contributed by atoms with Crippen LogP contribution >= 0.6 is 0 Å². The standard InChI is InChI=1S/C12H18N4O2/c1-9-8-10(11(17)15(2)3)14-12(13-9)16-4-6-18-7-5-16/h8H,4-7H2,1-3H3. The predicted octanol–water partition coefficient (Wildman–Crippen LogP) is 0.323. The summed E-state index contributed by atoms with van der Waals surface area (Å²) >= 11 is 0. The first-order valence-electron chi connectivity index (χ1n) is 5.98. The maximum atomic E-state index is 11.9. The molecular weight excluding hydrogens is 232 g/mol. The molecule has 0 radical (unpaired) electrons. The zero-order valence-corrected chi connectivity index (χ0v) is 11.0. The van der Waals surface area contributed by atoms with E-state index in [1.807, 2.05) is 11.8 Å². The van der Waals surface area contributed by atoms with Crippen molar-refractivity contribution in [1.29, 1.82) is 0 Å². The minimum absolute atomic E-state index is 0.102. The number of morpholine rings is 1. The lowest BCUT2D eigenvalue weighted by atomic mass is 10.3. The number of aromatic nitrogens is 2. The molecule has 1 amide bonds. The third kappa shape index (κ3) is 2.76. The fourth-order valence-corrected chi connectivity index (χ4v) is 1.80. The quantitative estimate of drug-likeness (QED) is 0.756. The fraction of sp³-hybridized carbons (Fsp3) is 0.583. The van der Waals surface area contributed by atoms with Crippen molar-refractivity contribution in [3.05, 3.63) is 17.5 Å². The lowest BCUT2D eigenvalue weighted by molar-refractivity contribution is 0.0821. The van der Waals surface area contributed by atoms with Gasteiger partial charge in [0.2, 0.25) is 5.95 Å². The van der Waals surface area contributed by atoms with Gasteiger partial charge in [0.1, 0.15) is 5.69 Å². The van der Waals surface area contributed by atoms with Crippen molar-refractivity contribution < 1.29 is 9.53 Å². The van der Waals surface area contributed by atoms with Crippen LogP contribution in [0.15, 0.2) is 6.07 Å². The Morgan fingerprint density at radius 2 is 2.00 bits per heavy atom. The molecule has 18 heavy (non-hydrogen) atoms. The molecule has 1 saturated heterocycles. The highest BCUT2D eigenvalue weighted by Crippen LogP contribution is 2.12. The number of ether oxygens (including phenoxy) is 1. The number of carbonyl (C=O) groups is 1. The van der Waals surface area contributed by atoms with Gasteiger partial charge in [0.15, 0.2) is 0 Å². The normalized spacial score (nSPS) is 15.6. The van der Waals surface area contributed by atoms with Crippen LogP contribution in [0, 0.1) is 6.92 Å². The van der Waals surface area contributed by atoms with Gasteiger partial charge in [-0.2, -0.15) is 0 Å². The van der Waals surface area contributed by atoms with Crippen molar-refractivity contribution >= 4 is 11.9 Å². The van der Waals surface area contributed by atoms with Crippen LogP contribution in [-0.4, -0.2) is 61.2 Å². The van der Waals surface area contributed by atoms with Crippen LogP contribution in [0.5, 0.6) is 0 Å². The van der Waals surface area contributed by atoms with Gasteiger partial charge < -0.3 is 14.5 Å². The summed E-state index contributed by atoms with van der Waals surface area (Å²) in [4.78, 5) is 24.2. The summed E-state index contributed by atoms with van der Waals surface area (Å²) in [5, 5.41) is 0. The first kappa shape index (κ1) is 12.8. The third-order valence-electron chi connectivity index (χ3n) is 2.76. The molecule has 1 aliphatic rings. The second-order valence-electron chi connectivity index (χ2n) is 4.49. The van der Waals surface area contributed by atoms with Crippen molar-refractivity contribution in [3.63, 3.8) is 0 Å². The molecule has 0 atom stereocenters. The van der Waals surface area contributed by atoms with Gasteiger partial charge in [-0.15, -0.1) is 0 Å². The largest absolute Gasteiger partial charge is 0.378 e. The average Bonchev–Trinajstić information content (AvgIpc) is 2.38.